The van der Waals surface area contributed by atoms with Gasteiger partial charge in [0.05, 0.1) is 0 Å². The summed E-state index contributed by atoms with van der Waals surface area (Å²) < 4.78 is 22.8. The average molecular weight is 311 g/mol. The van der Waals surface area contributed by atoms with Crippen LogP contribution in [0.5, 0.6) is 0 Å². The van der Waals surface area contributed by atoms with Gasteiger partial charge in [-0.1, -0.05) is 6.08 Å². The molecule has 0 aliphatic carbocycles. The minimum atomic E-state index is -1.31. The van der Waals surface area contributed by atoms with E-state index in [9.17, 15) is 8.28 Å². The predicted molar refractivity (Wildman–Crippen MR) is 56.5 cm³/mol. The molecule has 0 fully saturated rings. The largest absolute Gasteiger partial charge is 0.310 e. The van der Waals surface area contributed by atoms with Crippen LogP contribution >= 0.6 is 21.2 Å². The number of hydrogen-bond acceptors (Lipinski definition) is 2. The Bertz CT molecular complexity index is 159. The van der Waals surface area contributed by atoms with Crippen LogP contribution in [0.25, 0.3) is 0 Å². The molecular formula is C5H8F2INS2. The van der Waals surface area contributed by atoms with Gasteiger partial charge in [0, 0.05) is 27.8 Å². The van der Waals surface area contributed by atoms with E-state index in [1.807, 2.05) is 0 Å². The van der Waals surface area contributed by atoms with Gasteiger partial charge in [0.1, 0.15) is 12.8 Å². The molecule has 1 atom stereocenters. The van der Waals surface area contributed by atoms with Crippen LogP contribution in [0.15, 0.2) is 11.9 Å². The van der Waals surface area contributed by atoms with Gasteiger partial charge in [-0.15, -0.1) is 0 Å². The highest BCUT2D eigenvalue weighted by Gasteiger charge is 1.97. The first kappa shape index (κ1) is 11.9. The lowest BCUT2D eigenvalue weighted by molar-refractivity contribution is 0.543. The topological polar surface area (TPSA) is 12.0 Å². The van der Waals surface area contributed by atoms with Gasteiger partial charge < -0.3 is 5.32 Å². The quantitative estimate of drug-likeness (QED) is 0.543. The summed E-state index contributed by atoms with van der Waals surface area (Å²) >= 11 is 5.49. The molecule has 0 aromatic carbocycles. The summed E-state index contributed by atoms with van der Waals surface area (Å²) in [5, 5.41) is 2.89. The molecule has 1 heterocycles. The van der Waals surface area contributed by atoms with Crippen LogP contribution in [0.3, 0.4) is 0 Å². The molecule has 1 aliphatic rings. The fraction of sp³-hybridized carbons (Fsp3) is 0.600. The van der Waals surface area contributed by atoms with Crippen molar-refractivity contribution in [1.29, 1.82) is 0 Å². The van der Waals surface area contributed by atoms with Crippen molar-refractivity contribution >= 4 is 39.4 Å². The molecule has 0 aromatic heterocycles. The highest BCUT2D eigenvalue weighted by molar-refractivity contribution is 14.2. The van der Waals surface area contributed by atoms with E-state index < -0.39 is 7.01 Å². The minimum Gasteiger partial charge on any atom is -0.310 e. The van der Waals surface area contributed by atoms with Crippen LogP contribution in [0.4, 0.5) is 8.28 Å². The van der Waals surface area contributed by atoms with Crippen LogP contribution in [-0.2, 0) is 18.2 Å². The smallest absolute Gasteiger partial charge is 0.118 e. The molecule has 66 valence electrons. The molecule has 0 bridgehead atoms. The Morgan fingerprint density at radius 1 is 1.73 bits per heavy atom. The zero-order chi connectivity index (χ0) is 8.69. The van der Waals surface area contributed by atoms with E-state index in [-0.39, 0.29) is 5.83 Å². The van der Waals surface area contributed by atoms with E-state index in [0.29, 0.717) is 6.54 Å². The second-order valence-electron chi connectivity index (χ2n) is 1.80. The number of halogens is 3. The zero-order valence-corrected chi connectivity index (χ0v) is 9.44. The third-order valence-electron chi connectivity index (χ3n) is 0.981. The Hall–Kier alpha value is 0.860. The summed E-state index contributed by atoms with van der Waals surface area (Å²) in [6.07, 6.45) is 2.46. The molecule has 1 N–H and O–H groups in total. The molecule has 11 heavy (non-hydrogen) atoms. The van der Waals surface area contributed by atoms with Crippen molar-refractivity contribution in [1.82, 2.24) is 5.32 Å². The van der Waals surface area contributed by atoms with Crippen molar-refractivity contribution in [2.24, 2.45) is 0 Å². The SMILES string of the molecule is FC1=CCCNC1.FS(=S)I. The van der Waals surface area contributed by atoms with Crippen LogP contribution in [0, 0.1) is 0 Å². The summed E-state index contributed by atoms with van der Waals surface area (Å²) in [6.45, 7) is 1.35. The maximum absolute atomic E-state index is 12.0. The molecule has 1 rings (SSSR count). The molecular weight excluding hydrogens is 303 g/mol. The maximum atomic E-state index is 12.0. The second-order valence-corrected chi connectivity index (χ2v) is 7.16. The van der Waals surface area contributed by atoms with Crippen molar-refractivity contribution in [2.75, 3.05) is 13.1 Å². The monoisotopic (exact) mass is 311 g/mol. The van der Waals surface area contributed by atoms with Crippen molar-refractivity contribution < 1.29 is 8.28 Å². The third kappa shape index (κ3) is 10.9. The molecule has 1 unspecified atom stereocenters. The maximum Gasteiger partial charge on any atom is 0.118 e. The highest BCUT2D eigenvalue weighted by atomic mass is 127. The van der Waals surface area contributed by atoms with Crippen LogP contribution in [-0.4, -0.2) is 13.1 Å². The lowest BCUT2D eigenvalue weighted by atomic mass is 10.3. The molecule has 0 spiro atoms. The second kappa shape index (κ2) is 7.51. The Balaban J connectivity index is 0.000000218. The van der Waals surface area contributed by atoms with Crippen molar-refractivity contribution in [2.45, 2.75) is 6.42 Å². The highest BCUT2D eigenvalue weighted by Crippen LogP contribution is 1.99. The minimum absolute atomic E-state index is 0.0220. The molecule has 0 amide bonds. The lowest BCUT2D eigenvalue weighted by Gasteiger charge is -2.05. The van der Waals surface area contributed by atoms with Gasteiger partial charge in [0.15, 0.2) is 0 Å². The summed E-state index contributed by atoms with van der Waals surface area (Å²) in [6, 6.07) is 0. The van der Waals surface area contributed by atoms with E-state index in [0.717, 1.165) is 13.0 Å². The third-order valence-corrected chi connectivity index (χ3v) is 0.981. The summed E-state index contributed by atoms with van der Waals surface area (Å²) in [7, 11) is -1.31. The van der Waals surface area contributed by atoms with Crippen molar-refractivity contribution in [3.05, 3.63) is 11.9 Å². The van der Waals surface area contributed by atoms with E-state index in [2.05, 4.69) is 16.5 Å². The summed E-state index contributed by atoms with van der Waals surface area (Å²) in [4.78, 5) is 0. The van der Waals surface area contributed by atoms with Gasteiger partial charge in [0.25, 0.3) is 0 Å². The van der Waals surface area contributed by atoms with Gasteiger partial charge in [-0.2, -0.15) is 3.89 Å². The zero-order valence-electron chi connectivity index (χ0n) is 5.65. The Labute approximate surface area is 84.1 Å². The number of rotatable bonds is 0. The van der Waals surface area contributed by atoms with Crippen molar-refractivity contribution in [3.63, 3.8) is 0 Å². The molecule has 0 saturated heterocycles. The standard InChI is InChI=1S/C5H8FN.FIS2/c6-5-2-1-3-7-4-5;1-4(2)3/h2,7H,1,3-4H2;. The molecule has 1 aliphatic heterocycles. The van der Waals surface area contributed by atoms with Gasteiger partial charge in [-0.3, -0.25) is 0 Å². The van der Waals surface area contributed by atoms with Gasteiger partial charge >= 0.3 is 0 Å². The fourth-order valence-corrected chi connectivity index (χ4v) is 0.611. The van der Waals surface area contributed by atoms with Gasteiger partial charge in [-0.25, -0.2) is 4.39 Å². The van der Waals surface area contributed by atoms with Gasteiger partial charge in [0.2, 0.25) is 0 Å². The normalized spacial score (nSPS) is 19.4. The predicted octanol–water partition coefficient (Wildman–Crippen LogP) is 2.13. The van der Waals surface area contributed by atoms with E-state index in [1.54, 1.807) is 6.08 Å². The van der Waals surface area contributed by atoms with Crippen LogP contribution in [0.1, 0.15) is 6.42 Å². The molecule has 0 radical (unpaired) electrons. The Morgan fingerprint density at radius 3 is 2.45 bits per heavy atom. The first-order valence-electron chi connectivity index (χ1n) is 2.92. The molecule has 0 aromatic rings. The van der Waals surface area contributed by atoms with E-state index in [4.69, 9.17) is 0 Å². The van der Waals surface area contributed by atoms with E-state index in [1.165, 1.54) is 21.2 Å². The Morgan fingerprint density at radius 2 is 2.27 bits per heavy atom. The summed E-state index contributed by atoms with van der Waals surface area (Å²) in [5.74, 6) is -0.0220. The van der Waals surface area contributed by atoms with E-state index >= 15 is 0 Å². The average Bonchev–Trinajstić information content (AvgIpc) is 1.87. The first-order chi connectivity index (χ1) is 5.13. The van der Waals surface area contributed by atoms with Gasteiger partial charge in [-0.05, 0) is 24.2 Å². The lowest BCUT2D eigenvalue weighted by Crippen LogP contribution is -2.20. The molecule has 0 saturated carbocycles. The fourth-order valence-electron chi connectivity index (χ4n) is 0.611. The first-order valence-corrected chi connectivity index (χ1v) is 7.51. The molecule has 1 nitrogen and oxygen atoms in total. The summed E-state index contributed by atoms with van der Waals surface area (Å²) in [5.41, 5.74) is 0. The Kier molecular flexibility index (Phi) is 8.09. The van der Waals surface area contributed by atoms with Crippen LogP contribution in [0.2, 0.25) is 0 Å². The van der Waals surface area contributed by atoms with Crippen molar-refractivity contribution in [3.8, 4) is 0 Å². The molecule has 6 heteroatoms. The van der Waals surface area contributed by atoms with Crippen LogP contribution < -0.4 is 5.32 Å². The number of nitrogens with one attached hydrogen (secondary N) is 1. The number of hydrogen-bond donors (Lipinski definition) is 1.